The Morgan fingerprint density at radius 1 is 1.14 bits per heavy atom. The van der Waals surface area contributed by atoms with Crippen molar-refractivity contribution >= 4 is 17.7 Å². The smallest absolute Gasteiger partial charge is 0.407 e. The van der Waals surface area contributed by atoms with Crippen LogP contribution in [0.25, 0.3) is 0 Å². The quantitative estimate of drug-likeness (QED) is 0.704. The van der Waals surface area contributed by atoms with E-state index in [0.717, 1.165) is 11.3 Å². The monoisotopic (exact) mass is 307 g/mol. The van der Waals surface area contributed by atoms with Gasteiger partial charge in [0.15, 0.2) is 0 Å². The van der Waals surface area contributed by atoms with E-state index >= 15 is 0 Å². The van der Waals surface area contributed by atoms with Gasteiger partial charge in [0.05, 0.1) is 0 Å². The molecule has 0 aromatic heterocycles. The summed E-state index contributed by atoms with van der Waals surface area (Å²) in [6, 6.07) is 7.59. The van der Waals surface area contributed by atoms with Crippen molar-refractivity contribution < 1.29 is 14.3 Å². The lowest BCUT2D eigenvalue weighted by molar-refractivity contribution is -0.114. The molecule has 0 fully saturated rings. The van der Waals surface area contributed by atoms with Gasteiger partial charge >= 0.3 is 6.09 Å². The standard InChI is InChI=1S/C16H25N3O3/c1-12(20)19-14-8-6-5-7-13(14)11-17-9-10-18-15(21)22-16(2,3)4/h5-8,17H,9-11H2,1-4H3,(H,18,21)(H,19,20). The lowest BCUT2D eigenvalue weighted by Gasteiger charge is -2.19. The number of para-hydroxylation sites is 1. The highest BCUT2D eigenvalue weighted by Gasteiger charge is 2.15. The number of carbonyl (C=O) groups is 2. The van der Waals surface area contributed by atoms with Crippen LogP contribution in [0.15, 0.2) is 24.3 Å². The third-order valence-corrected chi connectivity index (χ3v) is 2.61. The minimum absolute atomic E-state index is 0.0981. The number of hydrogen-bond acceptors (Lipinski definition) is 4. The lowest BCUT2D eigenvalue weighted by Crippen LogP contribution is -2.36. The fraction of sp³-hybridized carbons (Fsp3) is 0.500. The van der Waals surface area contributed by atoms with Crippen LogP contribution in [0.2, 0.25) is 0 Å². The molecule has 0 saturated heterocycles. The van der Waals surface area contributed by atoms with E-state index in [0.29, 0.717) is 19.6 Å². The van der Waals surface area contributed by atoms with Gasteiger partial charge in [0.2, 0.25) is 5.91 Å². The van der Waals surface area contributed by atoms with Crippen LogP contribution in [-0.4, -0.2) is 30.7 Å². The van der Waals surface area contributed by atoms with Crippen LogP contribution in [-0.2, 0) is 16.1 Å². The highest BCUT2D eigenvalue weighted by molar-refractivity contribution is 5.89. The maximum absolute atomic E-state index is 11.5. The van der Waals surface area contributed by atoms with E-state index in [-0.39, 0.29) is 5.91 Å². The summed E-state index contributed by atoms with van der Waals surface area (Å²) in [5, 5.41) is 8.68. The Bertz CT molecular complexity index is 510. The summed E-state index contributed by atoms with van der Waals surface area (Å²) < 4.78 is 5.14. The minimum atomic E-state index is -0.491. The van der Waals surface area contributed by atoms with Crippen molar-refractivity contribution in [2.45, 2.75) is 39.8 Å². The van der Waals surface area contributed by atoms with Crippen LogP contribution in [0, 0.1) is 0 Å². The van der Waals surface area contributed by atoms with Gasteiger partial charge in [-0.1, -0.05) is 18.2 Å². The van der Waals surface area contributed by atoms with Gasteiger partial charge in [0, 0.05) is 32.2 Å². The lowest BCUT2D eigenvalue weighted by atomic mass is 10.1. The summed E-state index contributed by atoms with van der Waals surface area (Å²) in [5.74, 6) is -0.0981. The van der Waals surface area contributed by atoms with E-state index in [9.17, 15) is 9.59 Å². The number of carbonyl (C=O) groups excluding carboxylic acids is 2. The molecule has 0 unspecified atom stereocenters. The highest BCUT2D eigenvalue weighted by Crippen LogP contribution is 2.14. The number of benzene rings is 1. The third kappa shape index (κ3) is 7.64. The number of hydrogen-bond donors (Lipinski definition) is 3. The molecule has 0 spiro atoms. The summed E-state index contributed by atoms with van der Waals surface area (Å²) in [5.41, 5.74) is 1.30. The zero-order chi connectivity index (χ0) is 16.6. The Kier molecular flexibility index (Phi) is 6.85. The van der Waals surface area contributed by atoms with Gasteiger partial charge in [0.25, 0.3) is 0 Å². The largest absolute Gasteiger partial charge is 0.444 e. The topological polar surface area (TPSA) is 79.5 Å². The first-order valence-corrected chi connectivity index (χ1v) is 7.31. The predicted molar refractivity (Wildman–Crippen MR) is 86.7 cm³/mol. The van der Waals surface area contributed by atoms with E-state index in [1.807, 2.05) is 45.0 Å². The number of rotatable bonds is 6. The van der Waals surface area contributed by atoms with Crippen LogP contribution >= 0.6 is 0 Å². The zero-order valence-corrected chi connectivity index (χ0v) is 13.7. The van der Waals surface area contributed by atoms with E-state index in [4.69, 9.17) is 4.74 Å². The molecule has 0 aliphatic carbocycles. The second kappa shape index (κ2) is 8.38. The van der Waals surface area contributed by atoms with Gasteiger partial charge in [-0.3, -0.25) is 4.79 Å². The predicted octanol–water partition coefficient (Wildman–Crippen LogP) is 2.26. The van der Waals surface area contributed by atoms with Crippen molar-refractivity contribution in [3.8, 4) is 0 Å². The van der Waals surface area contributed by atoms with E-state index in [1.54, 1.807) is 0 Å². The second-order valence-corrected chi connectivity index (χ2v) is 5.94. The summed E-state index contributed by atoms with van der Waals surface area (Å²) in [4.78, 5) is 22.6. The Labute approximate surface area is 131 Å². The Balaban J connectivity index is 2.31. The average Bonchev–Trinajstić information content (AvgIpc) is 2.37. The highest BCUT2D eigenvalue weighted by atomic mass is 16.6. The molecular formula is C16H25N3O3. The molecule has 122 valence electrons. The molecule has 2 amide bonds. The number of alkyl carbamates (subject to hydrolysis) is 1. The fourth-order valence-corrected chi connectivity index (χ4v) is 1.78. The number of ether oxygens (including phenoxy) is 1. The molecule has 0 radical (unpaired) electrons. The molecule has 3 N–H and O–H groups in total. The van der Waals surface area contributed by atoms with Crippen LogP contribution in [0.5, 0.6) is 0 Å². The first-order valence-electron chi connectivity index (χ1n) is 7.31. The van der Waals surface area contributed by atoms with Crippen LogP contribution in [0.3, 0.4) is 0 Å². The molecule has 22 heavy (non-hydrogen) atoms. The molecule has 1 aromatic rings. The molecule has 0 bridgehead atoms. The average molecular weight is 307 g/mol. The van der Waals surface area contributed by atoms with Crippen molar-refractivity contribution in [3.05, 3.63) is 29.8 Å². The fourth-order valence-electron chi connectivity index (χ4n) is 1.78. The van der Waals surface area contributed by atoms with Gasteiger partial charge < -0.3 is 20.7 Å². The Hall–Kier alpha value is -2.08. The summed E-state index contributed by atoms with van der Waals surface area (Å²) in [6.07, 6.45) is -0.423. The van der Waals surface area contributed by atoms with Crippen molar-refractivity contribution in [2.75, 3.05) is 18.4 Å². The summed E-state index contributed by atoms with van der Waals surface area (Å²) >= 11 is 0. The van der Waals surface area contributed by atoms with Crippen molar-refractivity contribution in [1.29, 1.82) is 0 Å². The normalized spacial score (nSPS) is 10.9. The molecular weight excluding hydrogens is 282 g/mol. The van der Waals surface area contributed by atoms with E-state index in [1.165, 1.54) is 6.92 Å². The van der Waals surface area contributed by atoms with Gasteiger partial charge in [-0.25, -0.2) is 4.79 Å². The summed E-state index contributed by atoms with van der Waals surface area (Å²) in [7, 11) is 0. The first-order chi connectivity index (χ1) is 10.3. The number of nitrogens with one attached hydrogen (secondary N) is 3. The second-order valence-electron chi connectivity index (χ2n) is 5.94. The molecule has 0 atom stereocenters. The number of anilines is 1. The first kappa shape index (κ1) is 18.0. The van der Waals surface area contributed by atoms with Crippen LogP contribution < -0.4 is 16.0 Å². The van der Waals surface area contributed by atoms with E-state index < -0.39 is 11.7 Å². The molecule has 1 rings (SSSR count). The zero-order valence-electron chi connectivity index (χ0n) is 13.7. The molecule has 0 heterocycles. The van der Waals surface area contributed by atoms with Crippen LogP contribution in [0.1, 0.15) is 33.3 Å². The van der Waals surface area contributed by atoms with Gasteiger partial charge in [-0.2, -0.15) is 0 Å². The minimum Gasteiger partial charge on any atom is -0.444 e. The maximum Gasteiger partial charge on any atom is 0.407 e. The maximum atomic E-state index is 11.5. The number of amides is 2. The molecule has 0 saturated carbocycles. The SMILES string of the molecule is CC(=O)Nc1ccccc1CNCCNC(=O)OC(C)(C)C. The van der Waals surface area contributed by atoms with Gasteiger partial charge in [0.1, 0.15) is 5.60 Å². The Morgan fingerprint density at radius 3 is 2.45 bits per heavy atom. The molecule has 0 aliphatic heterocycles. The van der Waals surface area contributed by atoms with Crippen molar-refractivity contribution in [2.24, 2.45) is 0 Å². The third-order valence-electron chi connectivity index (χ3n) is 2.61. The molecule has 1 aromatic carbocycles. The van der Waals surface area contributed by atoms with Crippen molar-refractivity contribution in [3.63, 3.8) is 0 Å². The van der Waals surface area contributed by atoms with Gasteiger partial charge in [-0.05, 0) is 32.4 Å². The Morgan fingerprint density at radius 2 is 1.82 bits per heavy atom. The molecule has 6 nitrogen and oxygen atoms in total. The summed E-state index contributed by atoms with van der Waals surface area (Å²) in [6.45, 7) is 8.63. The van der Waals surface area contributed by atoms with Crippen molar-refractivity contribution in [1.82, 2.24) is 10.6 Å². The molecule has 0 aliphatic rings. The van der Waals surface area contributed by atoms with E-state index in [2.05, 4.69) is 16.0 Å². The van der Waals surface area contributed by atoms with Gasteiger partial charge in [-0.15, -0.1) is 0 Å². The van der Waals surface area contributed by atoms with Crippen LogP contribution in [0.4, 0.5) is 10.5 Å². The molecule has 6 heteroatoms.